The van der Waals surface area contributed by atoms with Crippen molar-refractivity contribution in [2.45, 2.75) is 43.7 Å². The summed E-state index contributed by atoms with van der Waals surface area (Å²) in [7, 11) is 0. The van der Waals surface area contributed by atoms with Gasteiger partial charge in [0.25, 0.3) is 0 Å². The van der Waals surface area contributed by atoms with Crippen LogP contribution >= 0.6 is 11.8 Å². The van der Waals surface area contributed by atoms with E-state index < -0.39 is 17.6 Å². The lowest BCUT2D eigenvalue weighted by atomic mass is 10.1. The van der Waals surface area contributed by atoms with Crippen molar-refractivity contribution in [3.05, 3.63) is 29.6 Å². The Balaban J connectivity index is 2.01. The largest absolute Gasteiger partial charge is 0.416 e. The number of halogens is 4. The van der Waals surface area contributed by atoms with Crippen LogP contribution in [0.1, 0.15) is 31.7 Å². The fourth-order valence-corrected chi connectivity index (χ4v) is 3.63. The van der Waals surface area contributed by atoms with E-state index in [2.05, 4.69) is 12.2 Å². The maximum absolute atomic E-state index is 13.7. The first kappa shape index (κ1) is 15.5. The molecule has 1 aromatic rings. The zero-order valence-corrected chi connectivity index (χ0v) is 12.0. The molecule has 0 bridgehead atoms. The van der Waals surface area contributed by atoms with Gasteiger partial charge in [0.15, 0.2) is 0 Å². The van der Waals surface area contributed by atoms with Gasteiger partial charge in [-0.1, -0.05) is 6.92 Å². The van der Waals surface area contributed by atoms with E-state index in [1.165, 1.54) is 6.07 Å². The Hall–Kier alpha value is -0.910. The molecule has 1 nitrogen and oxygen atoms in total. The fourth-order valence-electron chi connectivity index (χ4n) is 2.49. The third-order valence-electron chi connectivity index (χ3n) is 3.44. The molecule has 1 aliphatic carbocycles. The van der Waals surface area contributed by atoms with E-state index in [4.69, 9.17) is 0 Å². The van der Waals surface area contributed by atoms with Gasteiger partial charge in [0.1, 0.15) is 5.82 Å². The van der Waals surface area contributed by atoms with Crippen molar-refractivity contribution in [2.75, 3.05) is 11.1 Å². The topological polar surface area (TPSA) is 12.0 Å². The molecule has 1 aromatic carbocycles. The van der Waals surface area contributed by atoms with E-state index in [1.807, 2.05) is 11.8 Å². The summed E-state index contributed by atoms with van der Waals surface area (Å²) >= 11 is 1.88. The molecule has 2 rings (SSSR count). The second kappa shape index (κ2) is 6.24. The molecule has 112 valence electrons. The van der Waals surface area contributed by atoms with Crippen molar-refractivity contribution in [3.8, 4) is 0 Å². The van der Waals surface area contributed by atoms with Crippen LogP contribution in [0.2, 0.25) is 0 Å². The maximum Gasteiger partial charge on any atom is 0.416 e. The smallest absolute Gasteiger partial charge is 0.380 e. The summed E-state index contributed by atoms with van der Waals surface area (Å²) < 4.78 is 51.1. The number of alkyl halides is 3. The van der Waals surface area contributed by atoms with Gasteiger partial charge in [-0.3, -0.25) is 0 Å². The maximum atomic E-state index is 13.7. The third kappa shape index (κ3) is 3.81. The molecule has 0 aromatic heterocycles. The van der Waals surface area contributed by atoms with E-state index in [-0.39, 0.29) is 11.7 Å². The molecule has 1 aliphatic rings. The number of thioether (sulfide) groups is 1. The zero-order chi connectivity index (χ0) is 14.8. The lowest BCUT2D eigenvalue weighted by Crippen LogP contribution is -2.17. The molecular formula is C14H17F4NS. The van der Waals surface area contributed by atoms with Crippen LogP contribution in [0.4, 0.5) is 23.2 Å². The van der Waals surface area contributed by atoms with Gasteiger partial charge < -0.3 is 5.32 Å². The highest BCUT2D eigenvalue weighted by atomic mass is 32.2. The molecular weight excluding hydrogens is 290 g/mol. The third-order valence-corrected chi connectivity index (χ3v) is 4.68. The molecule has 2 unspecified atom stereocenters. The second-order valence-electron chi connectivity index (χ2n) is 4.92. The summed E-state index contributed by atoms with van der Waals surface area (Å²) in [6.07, 6.45) is -1.58. The molecule has 0 radical (unpaired) electrons. The SMILES string of the molecule is CCSC1CCC(Nc2ccc(C(F)(F)F)cc2F)C1. The highest BCUT2D eigenvalue weighted by Gasteiger charge is 2.31. The van der Waals surface area contributed by atoms with Crippen molar-refractivity contribution in [1.82, 2.24) is 0 Å². The predicted octanol–water partition coefficient (Wildman–Crippen LogP) is 4.93. The van der Waals surface area contributed by atoms with E-state index in [0.717, 1.165) is 31.1 Å². The minimum Gasteiger partial charge on any atom is -0.380 e. The Labute approximate surface area is 120 Å². The normalized spacial score (nSPS) is 23.1. The number of rotatable bonds is 4. The summed E-state index contributed by atoms with van der Waals surface area (Å²) in [5.74, 6) is 0.206. The van der Waals surface area contributed by atoms with Gasteiger partial charge in [0, 0.05) is 11.3 Å². The Morgan fingerprint density at radius 2 is 2.05 bits per heavy atom. The molecule has 0 aliphatic heterocycles. The molecule has 2 atom stereocenters. The summed E-state index contributed by atoms with van der Waals surface area (Å²) in [5.41, 5.74) is -0.795. The Morgan fingerprint density at radius 1 is 1.30 bits per heavy atom. The van der Waals surface area contributed by atoms with Crippen LogP contribution in [-0.4, -0.2) is 17.0 Å². The van der Waals surface area contributed by atoms with Crippen LogP contribution in [0, 0.1) is 5.82 Å². The monoisotopic (exact) mass is 307 g/mol. The lowest BCUT2D eigenvalue weighted by Gasteiger charge is -2.16. The number of hydrogen-bond donors (Lipinski definition) is 1. The van der Waals surface area contributed by atoms with Crippen molar-refractivity contribution in [1.29, 1.82) is 0 Å². The second-order valence-corrected chi connectivity index (χ2v) is 6.50. The van der Waals surface area contributed by atoms with Crippen LogP contribution < -0.4 is 5.32 Å². The van der Waals surface area contributed by atoms with Gasteiger partial charge in [-0.2, -0.15) is 24.9 Å². The molecule has 1 fully saturated rings. The van der Waals surface area contributed by atoms with Gasteiger partial charge in [0.05, 0.1) is 11.3 Å². The van der Waals surface area contributed by atoms with Crippen LogP contribution in [-0.2, 0) is 6.18 Å². The first-order valence-electron chi connectivity index (χ1n) is 6.65. The summed E-state index contributed by atoms with van der Waals surface area (Å²) in [4.78, 5) is 0. The average Bonchev–Trinajstić information content (AvgIpc) is 2.78. The quantitative estimate of drug-likeness (QED) is 0.792. The molecule has 0 saturated heterocycles. The minimum atomic E-state index is -4.50. The Bertz CT molecular complexity index is 461. The first-order valence-corrected chi connectivity index (χ1v) is 7.70. The molecule has 1 saturated carbocycles. The average molecular weight is 307 g/mol. The highest BCUT2D eigenvalue weighted by molar-refractivity contribution is 7.99. The predicted molar refractivity (Wildman–Crippen MR) is 74.6 cm³/mol. The van der Waals surface area contributed by atoms with Crippen LogP contribution in [0.25, 0.3) is 0 Å². The summed E-state index contributed by atoms with van der Waals surface area (Å²) in [6, 6.07) is 2.79. The van der Waals surface area contributed by atoms with E-state index in [0.29, 0.717) is 11.3 Å². The van der Waals surface area contributed by atoms with Crippen molar-refractivity contribution in [3.63, 3.8) is 0 Å². The summed E-state index contributed by atoms with van der Waals surface area (Å²) in [6.45, 7) is 2.10. The number of benzene rings is 1. The number of hydrogen-bond acceptors (Lipinski definition) is 2. The van der Waals surface area contributed by atoms with Crippen LogP contribution in [0.5, 0.6) is 0 Å². The van der Waals surface area contributed by atoms with E-state index in [9.17, 15) is 17.6 Å². The number of anilines is 1. The van der Waals surface area contributed by atoms with Crippen LogP contribution in [0.15, 0.2) is 18.2 Å². The Kier molecular flexibility index (Phi) is 4.83. The number of nitrogens with one attached hydrogen (secondary N) is 1. The van der Waals surface area contributed by atoms with Gasteiger partial charge in [-0.25, -0.2) is 4.39 Å². The van der Waals surface area contributed by atoms with Crippen molar-refractivity contribution in [2.24, 2.45) is 0 Å². The van der Waals surface area contributed by atoms with Crippen molar-refractivity contribution >= 4 is 17.4 Å². The molecule has 0 amide bonds. The molecule has 20 heavy (non-hydrogen) atoms. The van der Waals surface area contributed by atoms with Gasteiger partial charge in [0.2, 0.25) is 0 Å². The zero-order valence-electron chi connectivity index (χ0n) is 11.1. The van der Waals surface area contributed by atoms with E-state index in [1.54, 1.807) is 0 Å². The lowest BCUT2D eigenvalue weighted by molar-refractivity contribution is -0.137. The fraction of sp³-hybridized carbons (Fsp3) is 0.571. The standard InChI is InChI=1S/C14H17F4NS/c1-2-20-11-5-4-10(8-11)19-13-6-3-9(7-12(13)15)14(16,17)18/h3,6-7,10-11,19H,2,4-5,8H2,1H3. The minimum absolute atomic E-state index is 0.144. The summed E-state index contributed by atoms with van der Waals surface area (Å²) in [5, 5.41) is 3.59. The molecule has 0 heterocycles. The molecule has 6 heteroatoms. The highest BCUT2D eigenvalue weighted by Crippen LogP contribution is 2.34. The first-order chi connectivity index (χ1) is 9.40. The van der Waals surface area contributed by atoms with E-state index >= 15 is 0 Å². The van der Waals surface area contributed by atoms with Gasteiger partial charge in [-0.15, -0.1) is 0 Å². The molecule has 0 spiro atoms. The molecule has 1 N–H and O–H groups in total. The van der Waals surface area contributed by atoms with Gasteiger partial charge >= 0.3 is 6.18 Å². The van der Waals surface area contributed by atoms with Gasteiger partial charge in [-0.05, 0) is 43.2 Å². The van der Waals surface area contributed by atoms with Crippen LogP contribution in [0.3, 0.4) is 0 Å². The van der Waals surface area contributed by atoms with Crippen molar-refractivity contribution < 1.29 is 17.6 Å². The Morgan fingerprint density at radius 3 is 2.65 bits per heavy atom.